The van der Waals surface area contributed by atoms with Crippen LogP contribution in [0.1, 0.15) is 36.1 Å². The van der Waals surface area contributed by atoms with Gasteiger partial charge in [-0.1, -0.05) is 30.3 Å². The number of carbonyl (C=O) groups excluding carboxylic acids is 1. The molecular weight excluding hydrogens is 319 g/mol. The first-order chi connectivity index (χ1) is 12.1. The quantitative estimate of drug-likeness (QED) is 0.925. The summed E-state index contributed by atoms with van der Waals surface area (Å²) in [6.07, 6.45) is 1.52. The Kier molecular flexibility index (Phi) is 5.34. The Labute approximate surface area is 147 Å². The lowest BCUT2D eigenvalue weighted by molar-refractivity contribution is -0.126. The molecule has 0 fully saturated rings. The van der Waals surface area contributed by atoms with E-state index < -0.39 is 6.04 Å². The van der Waals surface area contributed by atoms with Gasteiger partial charge in [-0.25, -0.2) is 4.39 Å². The van der Waals surface area contributed by atoms with Crippen LogP contribution in [0.2, 0.25) is 0 Å². The van der Waals surface area contributed by atoms with E-state index in [1.807, 2.05) is 49.3 Å². The molecule has 1 aliphatic rings. The van der Waals surface area contributed by atoms with Crippen molar-refractivity contribution in [2.45, 2.75) is 24.9 Å². The van der Waals surface area contributed by atoms with Crippen LogP contribution in [-0.2, 0) is 4.79 Å². The number of halogens is 1. The molecule has 132 valence electrons. The third-order valence-electron chi connectivity index (χ3n) is 4.44. The molecule has 0 radical (unpaired) electrons. The monoisotopic (exact) mass is 342 g/mol. The summed E-state index contributed by atoms with van der Waals surface area (Å²) in [6.45, 7) is 0.570. The highest BCUT2D eigenvalue weighted by Gasteiger charge is 2.28. The number of fused-ring (bicyclic) bond motifs is 1. The minimum absolute atomic E-state index is 0.0988. The Morgan fingerprint density at radius 3 is 2.72 bits per heavy atom. The molecule has 0 aromatic heterocycles. The standard InChI is InChI=1S/C20H23FN2O2/c1-23(2)19(14-7-4-3-5-8-14)20(24)22-17-9-6-12-25-18-11-10-15(21)13-16(17)18/h3-5,7-8,10-11,13,17,19H,6,9,12H2,1-2H3,(H,22,24)/t17-,19+/m0/s1. The van der Waals surface area contributed by atoms with Crippen LogP contribution in [-0.4, -0.2) is 31.5 Å². The highest BCUT2D eigenvalue weighted by Crippen LogP contribution is 2.33. The topological polar surface area (TPSA) is 41.6 Å². The van der Waals surface area contributed by atoms with E-state index in [2.05, 4.69) is 5.32 Å². The van der Waals surface area contributed by atoms with Crippen molar-refractivity contribution in [2.75, 3.05) is 20.7 Å². The van der Waals surface area contributed by atoms with Gasteiger partial charge < -0.3 is 10.1 Å². The lowest BCUT2D eigenvalue weighted by Crippen LogP contribution is -2.39. The summed E-state index contributed by atoms with van der Waals surface area (Å²) >= 11 is 0. The summed E-state index contributed by atoms with van der Waals surface area (Å²) in [5.74, 6) is 0.222. The maximum absolute atomic E-state index is 13.7. The van der Waals surface area contributed by atoms with Crippen LogP contribution < -0.4 is 10.1 Å². The molecule has 0 unspecified atom stereocenters. The fourth-order valence-electron chi connectivity index (χ4n) is 3.27. The molecule has 25 heavy (non-hydrogen) atoms. The molecule has 2 aromatic carbocycles. The number of hydrogen-bond donors (Lipinski definition) is 1. The highest BCUT2D eigenvalue weighted by atomic mass is 19.1. The van der Waals surface area contributed by atoms with Crippen LogP contribution in [0.4, 0.5) is 4.39 Å². The van der Waals surface area contributed by atoms with Gasteiger partial charge in [-0.05, 0) is 50.7 Å². The van der Waals surface area contributed by atoms with E-state index >= 15 is 0 Å². The minimum Gasteiger partial charge on any atom is -0.493 e. The summed E-state index contributed by atoms with van der Waals surface area (Å²) in [7, 11) is 3.75. The zero-order valence-corrected chi connectivity index (χ0v) is 14.5. The number of rotatable bonds is 4. The molecule has 1 amide bonds. The minimum atomic E-state index is -0.401. The van der Waals surface area contributed by atoms with E-state index in [1.54, 1.807) is 6.07 Å². The van der Waals surface area contributed by atoms with Crippen LogP contribution in [0.25, 0.3) is 0 Å². The van der Waals surface area contributed by atoms with Crippen molar-refractivity contribution in [1.82, 2.24) is 10.2 Å². The molecule has 5 heteroatoms. The first kappa shape index (κ1) is 17.4. The largest absolute Gasteiger partial charge is 0.493 e. The maximum atomic E-state index is 13.7. The van der Waals surface area contributed by atoms with Gasteiger partial charge in [0.05, 0.1) is 12.6 Å². The van der Waals surface area contributed by atoms with Gasteiger partial charge in [-0.3, -0.25) is 9.69 Å². The number of nitrogens with one attached hydrogen (secondary N) is 1. The van der Waals surface area contributed by atoms with Crippen LogP contribution >= 0.6 is 0 Å². The van der Waals surface area contributed by atoms with Crippen LogP contribution in [0.15, 0.2) is 48.5 Å². The van der Waals surface area contributed by atoms with Crippen molar-refractivity contribution >= 4 is 5.91 Å². The number of nitrogens with zero attached hydrogens (tertiary/aromatic N) is 1. The Morgan fingerprint density at radius 2 is 2.00 bits per heavy atom. The second-order valence-corrected chi connectivity index (χ2v) is 6.51. The van der Waals surface area contributed by atoms with Crippen molar-refractivity contribution in [1.29, 1.82) is 0 Å². The summed E-state index contributed by atoms with van der Waals surface area (Å²) in [5, 5.41) is 3.09. The Balaban J connectivity index is 1.85. The van der Waals surface area contributed by atoms with Crippen LogP contribution in [0.3, 0.4) is 0 Å². The van der Waals surface area contributed by atoms with Gasteiger partial charge in [0.1, 0.15) is 17.6 Å². The number of likely N-dealkylation sites (N-methyl/N-ethyl adjacent to an activating group) is 1. The zero-order valence-electron chi connectivity index (χ0n) is 14.5. The summed E-state index contributed by atoms with van der Waals surface area (Å²) in [4.78, 5) is 14.9. The molecule has 0 saturated heterocycles. The lowest BCUT2D eigenvalue weighted by Gasteiger charge is -2.27. The number of benzene rings is 2. The fraction of sp³-hybridized carbons (Fsp3) is 0.350. The summed E-state index contributed by atoms with van der Waals surface area (Å²) in [6, 6.07) is 13.5. The molecule has 2 atom stereocenters. The Bertz CT molecular complexity index is 734. The smallest absolute Gasteiger partial charge is 0.242 e. The molecule has 0 saturated carbocycles. The average Bonchev–Trinajstić information content (AvgIpc) is 2.78. The number of ether oxygens (including phenoxy) is 1. The first-order valence-corrected chi connectivity index (χ1v) is 8.50. The molecule has 1 N–H and O–H groups in total. The first-order valence-electron chi connectivity index (χ1n) is 8.50. The predicted octanol–water partition coefficient (Wildman–Crippen LogP) is 3.46. The van der Waals surface area contributed by atoms with Crippen molar-refractivity contribution in [3.8, 4) is 5.75 Å². The van der Waals surface area contributed by atoms with Gasteiger partial charge in [-0.15, -0.1) is 0 Å². The van der Waals surface area contributed by atoms with E-state index in [-0.39, 0.29) is 17.8 Å². The molecule has 3 rings (SSSR count). The molecular formula is C20H23FN2O2. The van der Waals surface area contributed by atoms with Gasteiger partial charge in [0.25, 0.3) is 0 Å². The van der Waals surface area contributed by atoms with Crippen LogP contribution in [0, 0.1) is 5.82 Å². The number of hydrogen-bond acceptors (Lipinski definition) is 3. The molecule has 0 aliphatic carbocycles. The van der Waals surface area contributed by atoms with Gasteiger partial charge >= 0.3 is 0 Å². The van der Waals surface area contributed by atoms with E-state index in [0.29, 0.717) is 17.9 Å². The molecule has 4 nitrogen and oxygen atoms in total. The highest BCUT2D eigenvalue weighted by molar-refractivity contribution is 5.83. The second kappa shape index (κ2) is 7.66. The van der Waals surface area contributed by atoms with Crippen molar-refractivity contribution < 1.29 is 13.9 Å². The predicted molar refractivity (Wildman–Crippen MR) is 94.9 cm³/mol. The molecule has 2 aromatic rings. The van der Waals surface area contributed by atoms with Gasteiger partial charge in [0.2, 0.25) is 5.91 Å². The van der Waals surface area contributed by atoms with Crippen molar-refractivity contribution in [3.05, 3.63) is 65.5 Å². The molecule has 1 heterocycles. The Hall–Kier alpha value is -2.40. The van der Waals surface area contributed by atoms with E-state index in [9.17, 15) is 9.18 Å². The second-order valence-electron chi connectivity index (χ2n) is 6.51. The summed E-state index contributed by atoms with van der Waals surface area (Å²) < 4.78 is 19.4. The normalized spacial score (nSPS) is 18.0. The lowest BCUT2D eigenvalue weighted by atomic mass is 9.99. The third kappa shape index (κ3) is 3.99. The third-order valence-corrected chi connectivity index (χ3v) is 4.44. The van der Waals surface area contributed by atoms with E-state index in [0.717, 1.165) is 18.4 Å². The Morgan fingerprint density at radius 1 is 1.24 bits per heavy atom. The van der Waals surface area contributed by atoms with Crippen molar-refractivity contribution in [3.63, 3.8) is 0 Å². The molecule has 0 spiro atoms. The van der Waals surface area contributed by atoms with Gasteiger partial charge in [0, 0.05) is 5.56 Å². The SMILES string of the molecule is CN(C)[C@@H](C(=O)N[C@H]1CCCOc2ccc(F)cc21)c1ccccc1. The zero-order chi connectivity index (χ0) is 17.8. The van der Waals surface area contributed by atoms with Gasteiger partial charge in [-0.2, -0.15) is 0 Å². The van der Waals surface area contributed by atoms with Gasteiger partial charge in [0.15, 0.2) is 0 Å². The fourth-order valence-corrected chi connectivity index (χ4v) is 3.27. The number of amides is 1. The van der Waals surface area contributed by atoms with E-state index in [4.69, 9.17) is 4.74 Å². The maximum Gasteiger partial charge on any atom is 0.242 e. The van der Waals surface area contributed by atoms with Crippen LogP contribution in [0.5, 0.6) is 5.75 Å². The average molecular weight is 342 g/mol. The molecule has 1 aliphatic heterocycles. The number of carbonyl (C=O) groups is 1. The summed E-state index contributed by atoms with van der Waals surface area (Å²) in [5.41, 5.74) is 1.63. The molecule has 0 bridgehead atoms. The van der Waals surface area contributed by atoms with Crippen molar-refractivity contribution in [2.24, 2.45) is 0 Å². The van der Waals surface area contributed by atoms with E-state index in [1.165, 1.54) is 12.1 Å².